The lowest BCUT2D eigenvalue weighted by atomic mass is 9.96. The molecule has 3 rings (SSSR count). The Bertz CT molecular complexity index is 1260. The number of rotatable bonds is 9. The molecule has 0 unspecified atom stereocenters. The second kappa shape index (κ2) is 13.8. The first-order chi connectivity index (χ1) is 19.4. The lowest BCUT2D eigenvalue weighted by Gasteiger charge is -2.46. The predicted octanol–water partition coefficient (Wildman–Crippen LogP) is 1.99. The van der Waals surface area contributed by atoms with Gasteiger partial charge >= 0.3 is 23.9 Å². The Balaban J connectivity index is 2.05. The second-order valence-electron chi connectivity index (χ2n) is 8.76. The average molecular weight is 612 g/mol. The topological polar surface area (TPSA) is 153 Å². The van der Waals surface area contributed by atoms with E-state index in [1.165, 1.54) is 14.2 Å². The van der Waals surface area contributed by atoms with Gasteiger partial charge in [0, 0.05) is 27.7 Å². The maximum atomic E-state index is 13.7. The number of carbonyl (C=O) groups is 5. The van der Waals surface area contributed by atoms with E-state index in [1.54, 1.807) is 24.3 Å². The van der Waals surface area contributed by atoms with Crippen molar-refractivity contribution < 1.29 is 57.1 Å². The van der Waals surface area contributed by atoms with Gasteiger partial charge in [0.05, 0.1) is 19.1 Å². The number of thioether (sulfide) groups is 1. The number of esters is 4. The predicted molar refractivity (Wildman–Crippen MR) is 147 cm³/mol. The first-order valence-electron chi connectivity index (χ1n) is 12.2. The van der Waals surface area contributed by atoms with Gasteiger partial charge in [-0.05, 0) is 23.8 Å². The van der Waals surface area contributed by atoms with Gasteiger partial charge in [0.2, 0.25) is 0 Å². The van der Waals surface area contributed by atoms with Gasteiger partial charge in [0.25, 0.3) is 5.91 Å². The molecule has 5 atom stereocenters. The molecule has 41 heavy (non-hydrogen) atoms. The van der Waals surface area contributed by atoms with E-state index in [0.717, 1.165) is 44.4 Å². The quantitative estimate of drug-likeness (QED) is 0.173. The zero-order valence-corrected chi connectivity index (χ0v) is 24.7. The normalized spacial score (nSPS) is 25.0. The van der Waals surface area contributed by atoms with Crippen molar-refractivity contribution in [3.05, 3.63) is 28.7 Å². The molecule has 2 fully saturated rings. The van der Waals surface area contributed by atoms with E-state index >= 15 is 0 Å². The number of carbonyl (C=O) groups excluding carboxylic acids is 5. The van der Waals surface area contributed by atoms with Gasteiger partial charge in [-0.25, -0.2) is 0 Å². The standard InChI is InChI=1S/C26H29NO12S2/c1-12(28)35-11-19-21(36-13(2)29)22(37-14(3)30)23(38-15(4)31)25(39-19)27-24(32)20(41-26(27)40)10-16-7-8-17(33-5)18(9-16)34-6/h7-10,19,21-23,25H,11H2,1-6H3/b20-10+/t19-,21-,22+,23+,25-/m1/s1. The Morgan fingerprint density at radius 1 is 0.902 bits per heavy atom. The van der Waals surface area contributed by atoms with Gasteiger partial charge in [0.15, 0.2) is 40.4 Å². The zero-order valence-electron chi connectivity index (χ0n) is 23.1. The van der Waals surface area contributed by atoms with Crippen LogP contribution in [-0.2, 0) is 47.7 Å². The third-order valence-electron chi connectivity index (χ3n) is 5.75. The number of hydrogen-bond donors (Lipinski definition) is 0. The summed E-state index contributed by atoms with van der Waals surface area (Å²) in [4.78, 5) is 62.7. The van der Waals surface area contributed by atoms with Gasteiger partial charge in [-0.1, -0.05) is 30.0 Å². The fourth-order valence-corrected chi connectivity index (χ4v) is 5.52. The lowest BCUT2D eigenvalue weighted by Crippen LogP contribution is -2.66. The molecule has 2 aliphatic heterocycles. The maximum Gasteiger partial charge on any atom is 0.303 e. The van der Waals surface area contributed by atoms with E-state index in [-0.39, 0.29) is 9.23 Å². The molecule has 0 bridgehead atoms. The molecular weight excluding hydrogens is 582 g/mol. The summed E-state index contributed by atoms with van der Waals surface area (Å²) >= 11 is 6.46. The highest BCUT2D eigenvalue weighted by atomic mass is 32.2. The second-order valence-corrected chi connectivity index (χ2v) is 10.4. The Morgan fingerprint density at radius 2 is 1.49 bits per heavy atom. The molecule has 0 aliphatic carbocycles. The summed E-state index contributed by atoms with van der Waals surface area (Å²) in [5, 5.41) is 0. The lowest BCUT2D eigenvalue weighted by molar-refractivity contribution is -0.268. The number of amides is 1. The largest absolute Gasteiger partial charge is 0.493 e. The first kappa shape index (κ1) is 31.8. The molecule has 2 aliphatic rings. The van der Waals surface area contributed by atoms with E-state index in [0.29, 0.717) is 17.1 Å². The van der Waals surface area contributed by atoms with Crippen LogP contribution in [0.15, 0.2) is 23.1 Å². The van der Waals surface area contributed by atoms with Crippen LogP contribution in [0.4, 0.5) is 0 Å². The van der Waals surface area contributed by atoms with Crippen molar-refractivity contribution in [2.45, 2.75) is 58.3 Å². The summed E-state index contributed by atoms with van der Waals surface area (Å²) in [6.45, 7) is 4.04. The number of nitrogens with zero attached hydrogens (tertiary/aromatic N) is 1. The fourth-order valence-electron chi connectivity index (χ4n) is 4.21. The molecule has 0 aromatic heterocycles. The van der Waals surface area contributed by atoms with Gasteiger partial charge in [0.1, 0.15) is 12.7 Å². The summed E-state index contributed by atoms with van der Waals surface area (Å²) in [6.07, 6.45) is -5.39. The molecule has 1 amide bonds. The number of benzene rings is 1. The summed E-state index contributed by atoms with van der Waals surface area (Å²) in [5.41, 5.74) is 0.602. The van der Waals surface area contributed by atoms with Crippen LogP contribution >= 0.6 is 24.0 Å². The average Bonchev–Trinajstić information content (AvgIpc) is 3.16. The van der Waals surface area contributed by atoms with Crippen molar-refractivity contribution in [2.75, 3.05) is 20.8 Å². The molecule has 2 heterocycles. The summed E-state index contributed by atoms with van der Waals surface area (Å²) in [5.74, 6) is -2.70. The van der Waals surface area contributed by atoms with Gasteiger partial charge in [-0.2, -0.15) is 0 Å². The first-order valence-corrected chi connectivity index (χ1v) is 13.4. The van der Waals surface area contributed by atoms with Crippen LogP contribution in [0.3, 0.4) is 0 Å². The van der Waals surface area contributed by atoms with E-state index in [9.17, 15) is 24.0 Å². The van der Waals surface area contributed by atoms with Crippen molar-refractivity contribution in [1.82, 2.24) is 4.90 Å². The summed E-state index contributed by atoms with van der Waals surface area (Å²) < 4.78 is 38.1. The Labute approximate surface area is 245 Å². The van der Waals surface area contributed by atoms with Crippen molar-refractivity contribution in [3.63, 3.8) is 0 Å². The minimum Gasteiger partial charge on any atom is -0.493 e. The van der Waals surface area contributed by atoms with Crippen molar-refractivity contribution in [3.8, 4) is 11.5 Å². The smallest absolute Gasteiger partial charge is 0.303 e. The van der Waals surface area contributed by atoms with Crippen LogP contribution in [0, 0.1) is 0 Å². The van der Waals surface area contributed by atoms with E-state index in [2.05, 4.69) is 0 Å². The highest BCUT2D eigenvalue weighted by molar-refractivity contribution is 8.26. The van der Waals surface area contributed by atoms with Gasteiger partial charge in [-0.15, -0.1) is 0 Å². The Kier molecular flexibility index (Phi) is 10.7. The molecule has 15 heteroatoms. The number of hydrogen-bond acceptors (Lipinski definition) is 14. The molecule has 0 N–H and O–H groups in total. The van der Waals surface area contributed by atoms with Gasteiger partial charge < -0.3 is 33.2 Å². The van der Waals surface area contributed by atoms with Crippen molar-refractivity contribution >= 4 is 64.2 Å². The summed E-state index contributed by atoms with van der Waals surface area (Å²) in [7, 11) is 2.97. The van der Waals surface area contributed by atoms with Crippen LogP contribution in [-0.4, -0.2) is 90.5 Å². The minimum absolute atomic E-state index is 0.0441. The molecule has 0 saturated carbocycles. The monoisotopic (exact) mass is 611 g/mol. The van der Waals surface area contributed by atoms with Crippen LogP contribution in [0.1, 0.15) is 33.3 Å². The van der Waals surface area contributed by atoms with E-state index in [1.807, 2.05) is 0 Å². The molecule has 0 radical (unpaired) electrons. The molecule has 1 aromatic rings. The van der Waals surface area contributed by atoms with Crippen LogP contribution in [0.5, 0.6) is 11.5 Å². The molecule has 13 nitrogen and oxygen atoms in total. The van der Waals surface area contributed by atoms with Gasteiger partial charge in [-0.3, -0.25) is 28.9 Å². The Morgan fingerprint density at radius 3 is 2.05 bits per heavy atom. The van der Waals surface area contributed by atoms with E-state index in [4.69, 9.17) is 45.4 Å². The summed E-state index contributed by atoms with van der Waals surface area (Å²) in [6, 6.07) is 5.05. The van der Waals surface area contributed by atoms with Crippen LogP contribution in [0.2, 0.25) is 0 Å². The van der Waals surface area contributed by atoms with Crippen molar-refractivity contribution in [2.24, 2.45) is 0 Å². The van der Waals surface area contributed by atoms with Crippen LogP contribution in [0.25, 0.3) is 6.08 Å². The number of ether oxygens (including phenoxy) is 7. The minimum atomic E-state index is -1.47. The SMILES string of the molecule is COc1ccc(/C=C2/SC(=S)N([C@@H]3O[C@H](COC(C)=O)[C@@H](OC(C)=O)[C@H](OC(C)=O)[C@@H]3OC(C)=O)C2=O)cc1OC. The van der Waals surface area contributed by atoms with E-state index < -0.39 is 67.0 Å². The van der Waals surface area contributed by atoms with Crippen molar-refractivity contribution in [1.29, 1.82) is 0 Å². The highest BCUT2D eigenvalue weighted by Crippen LogP contribution is 2.40. The number of thiocarbonyl (C=S) groups is 1. The highest BCUT2D eigenvalue weighted by Gasteiger charge is 2.56. The third-order valence-corrected chi connectivity index (χ3v) is 7.08. The Hall–Kier alpha value is -3.69. The maximum absolute atomic E-state index is 13.7. The zero-order chi connectivity index (χ0) is 30.4. The third kappa shape index (κ3) is 7.74. The fraction of sp³-hybridized carbons (Fsp3) is 0.462. The molecule has 1 aromatic carbocycles. The molecule has 0 spiro atoms. The van der Waals surface area contributed by atoms with Crippen LogP contribution < -0.4 is 9.47 Å². The molecular formula is C26H29NO12S2. The number of methoxy groups -OCH3 is 2. The molecule has 222 valence electrons. The molecule has 2 saturated heterocycles.